The number of rotatable bonds is 14. The minimum atomic E-state index is -1.54. The fourth-order valence-corrected chi connectivity index (χ4v) is 21.9. The Bertz CT molecular complexity index is 2920. The molecule has 0 amide bonds. The molecule has 7 nitrogen and oxygen atoms in total. The van der Waals surface area contributed by atoms with Gasteiger partial charge in [-0.1, -0.05) is 144 Å². The molecule has 9 aliphatic rings. The number of benzene rings is 4. The van der Waals surface area contributed by atoms with Gasteiger partial charge >= 0.3 is 11.9 Å². The number of hydrogen-bond donors (Lipinski definition) is 3. The van der Waals surface area contributed by atoms with E-state index >= 15 is 0 Å². The van der Waals surface area contributed by atoms with Gasteiger partial charge in [0.05, 0.1) is 23.2 Å². The maximum Gasteiger partial charge on any atom is 0.331 e. The molecule has 0 radical (unpaired) electrons. The van der Waals surface area contributed by atoms with Crippen LogP contribution in [0.4, 0.5) is 0 Å². The lowest BCUT2D eigenvalue weighted by Crippen LogP contribution is -2.77. The second kappa shape index (κ2) is 20.0. The molecule has 0 bridgehead atoms. The van der Waals surface area contributed by atoms with Gasteiger partial charge in [-0.15, -0.1) is 0 Å². The van der Waals surface area contributed by atoms with Crippen molar-refractivity contribution in [1.82, 2.24) is 0 Å². The number of aliphatic hydroxyl groups excluding tert-OH is 2. The zero-order chi connectivity index (χ0) is 53.8. The van der Waals surface area contributed by atoms with Crippen LogP contribution in [-0.2, 0) is 30.9 Å². The van der Waals surface area contributed by atoms with Gasteiger partial charge in [-0.05, 0) is 217 Å². The summed E-state index contributed by atoms with van der Waals surface area (Å²) in [5.74, 6) is 0.811. The van der Waals surface area contributed by atoms with Gasteiger partial charge in [-0.25, -0.2) is 4.79 Å². The van der Waals surface area contributed by atoms with E-state index in [1.807, 2.05) is 0 Å². The molecule has 16 atom stereocenters. The van der Waals surface area contributed by atoms with Crippen molar-refractivity contribution in [2.24, 2.45) is 51.2 Å². The van der Waals surface area contributed by atoms with E-state index in [4.69, 9.17) is 9.47 Å². The van der Waals surface area contributed by atoms with Crippen LogP contribution < -0.4 is 0 Å². The van der Waals surface area contributed by atoms with Crippen molar-refractivity contribution in [2.45, 2.75) is 222 Å². The van der Waals surface area contributed by atoms with Gasteiger partial charge in [0.25, 0.3) is 0 Å². The average molecular weight is 1060 g/mol. The van der Waals surface area contributed by atoms with Crippen molar-refractivity contribution in [1.29, 1.82) is 0 Å². The molecule has 4 aromatic carbocycles. The molecule has 1 aliphatic heterocycles. The second-order valence-corrected chi connectivity index (χ2v) is 28.3. The first-order valence-electron chi connectivity index (χ1n) is 31.4. The summed E-state index contributed by atoms with van der Waals surface area (Å²) in [5, 5.41) is 44.0. The van der Waals surface area contributed by atoms with E-state index in [9.17, 15) is 24.9 Å². The van der Waals surface area contributed by atoms with Gasteiger partial charge in [0.2, 0.25) is 0 Å². The van der Waals surface area contributed by atoms with Gasteiger partial charge in [0.1, 0.15) is 12.7 Å². The molecule has 4 aromatic rings. The number of aliphatic hydroxyl groups is 3. The summed E-state index contributed by atoms with van der Waals surface area (Å²) in [4.78, 5) is 26.1. The Kier molecular flexibility index (Phi) is 13.6. The minimum Gasteiger partial charge on any atom is -0.462 e. The normalized spacial score (nSPS) is 38.8. The number of carbonyl (C=O) groups excluding carboxylic acids is 2. The Morgan fingerprint density at radius 3 is 2.33 bits per heavy atom. The third-order valence-corrected chi connectivity index (χ3v) is 25.0. The Balaban J connectivity index is 0.921. The molecule has 78 heavy (non-hydrogen) atoms. The third-order valence-electron chi connectivity index (χ3n) is 25.0. The summed E-state index contributed by atoms with van der Waals surface area (Å²) in [5.41, 5.74) is 5.78. The summed E-state index contributed by atoms with van der Waals surface area (Å²) in [6.07, 6.45) is 21.6. The number of cyclic esters (lactones) is 1. The van der Waals surface area contributed by atoms with Gasteiger partial charge in [-0.2, -0.15) is 0 Å². The van der Waals surface area contributed by atoms with Crippen molar-refractivity contribution in [2.75, 3.05) is 6.61 Å². The largest absolute Gasteiger partial charge is 0.462 e. The van der Waals surface area contributed by atoms with E-state index in [1.165, 1.54) is 82.1 Å². The molecule has 8 aliphatic carbocycles. The van der Waals surface area contributed by atoms with Crippen molar-refractivity contribution >= 4 is 22.7 Å². The number of fused-ring (bicyclic) bond motifs is 5. The van der Waals surface area contributed by atoms with Crippen molar-refractivity contribution in [3.05, 3.63) is 130 Å². The second-order valence-electron chi connectivity index (χ2n) is 28.3. The van der Waals surface area contributed by atoms with E-state index < -0.39 is 46.6 Å². The lowest BCUT2D eigenvalue weighted by atomic mass is 9.36. The first-order valence-corrected chi connectivity index (χ1v) is 31.4. The fourth-order valence-electron chi connectivity index (χ4n) is 21.9. The molecule has 2 spiro atoms. The zero-order valence-electron chi connectivity index (χ0n) is 47.5. The van der Waals surface area contributed by atoms with Crippen LogP contribution in [0.15, 0.2) is 103 Å². The molecule has 6 fully saturated rings. The smallest absolute Gasteiger partial charge is 0.331 e. The first-order chi connectivity index (χ1) is 37.7. The molecule has 13 rings (SSSR count). The maximum atomic E-state index is 14.2. The fraction of sp³-hybridized carbons (Fsp3) is 0.634. The topological polar surface area (TPSA) is 113 Å². The van der Waals surface area contributed by atoms with Gasteiger partial charge in [0.15, 0.2) is 0 Å². The van der Waals surface area contributed by atoms with E-state index in [0.717, 1.165) is 56.9 Å². The Labute approximate surface area is 465 Å². The number of hydrogen-bond acceptors (Lipinski definition) is 7. The summed E-state index contributed by atoms with van der Waals surface area (Å²) in [7, 11) is 0. The standard InChI is InChI=1S/C71H90O7/c1-45(17-15-20-48-18-7-5-8-19-48)26-29-59(73)71-60(74)32-36-66(4,65(71)58(78-47(3)72)39-46(2)70(71,76)38-30-49-40-61(75)77-43-49)52-31-37-69-44-67(33-13-14-34-67)57-42-68(51-22-9-6-10-23-51)35-12-11-25-55(68)54-28-27-50-21-16-24-53(56(69)41-52)62(50)63(54)64(57)69/h5-10,16,18-19,21-24,27-28,40,45-46,52,55-60,64-65,73-74,76H,11-15,17,20,25-26,29-39,41-44H2,1-4H3/t45-,46-,52-,55-,56+,57+,58-,59+,60+,64+,65+,66+,68+,69-,70-,71+/m1/s1. The molecule has 3 N–H and O–H groups in total. The molecule has 416 valence electrons. The van der Waals surface area contributed by atoms with Crippen LogP contribution in [0.2, 0.25) is 0 Å². The van der Waals surface area contributed by atoms with Crippen LogP contribution in [0.5, 0.6) is 0 Å². The highest BCUT2D eigenvalue weighted by Crippen LogP contribution is 2.81. The van der Waals surface area contributed by atoms with Crippen molar-refractivity contribution < 1.29 is 34.4 Å². The molecule has 0 saturated heterocycles. The lowest BCUT2D eigenvalue weighted by Gasteiger charge is -2.70. The number of ether oxygens (including phenoxy) is 2. The summed E-state index contributed by atoms with van der Waals surface area (Å²) >= 11 is 0. The van der Waals surface area contributed by atoms with Crippen LogP contribution >= 0.6 is 0 Å². The molecule has 0 aromatic heterocycles. The van der Waals surface area contributed by atoms with Crippen LogP contribution in [0.3, 0.4) is 0 Å². The SMILES string of the molecule is CC(=O)O[C@@H]1C[C@@H](C)[C@](O)(CCC2=CC(=O)OC2)[C@@]2([C@@H](O)CC[C@H](C)CCCc3ccccc3)[C@@H](O)CC[C@@](C)([C@@H]3CC[C@]45CC6(CCCC6)[C@H]6C[C@]7(c8ccccc8)CCCC[C@@H]7c7ccc8cccc(c8c7[C@H]64)[C@@H]5C3)[C@H]12. The highest BCUT2D eigenvalue weighted by Gasteiger charge is 2.76. The van der Waals surface area contributed by atoms with Crippen molar-refractivity contribution in [3.63, 3.8) is 0 Å². The van der Waals surface area contributed by atoms with Gasteiger partial charge in [-0.3, -0.25) is 4.79 Å². The first kappa shape index (κ1) is 53.0. The van der Waals surface area contributed by atoms with Gasteiger partial charge in [0, 0.05) is 24.3 Å². The van der Waals surface area contributed by atoms with Crippen LogP contribution in [-0.4, -0.2) is 57.8 Å². The number of carbonyl (C=O) groups is 2. The van der Waals surface area contributed by atoms with Crippen molar-refractivity contribution in [3.8, 4) is 0 Å². The molecule has 7 heteroatoms. The average Bonchev–Trinajstić information content (AvgIpc) is 4.20. The molecular formula is C71H90O7. The predicted octanol–water partition coefficient (Wildman–Crippen LogP) is 14.9. The summed E-state index contributed by atoms with van der Waals surface area (Å²) in [6.45, 7) is 8.49. The monoisotopic (exact) mass is 1050 g/mol. The Morgan fingerprint density at radius 2 is 1.58 bits per heavy atom. The zero-order valence-corrected chi connectivity index (χ0v) is 47.5. The maximum absolute atomic E-state index is 14.2. The lowest BCUT2D eigenvalue weighted by molar-refractivity contribution is -0.327. The number of esters is 2. The molecule has 6 saturated carbocycles. The van der Waals surface area contributed by atoms with Crippen LogP contribution in [0.1, 0.15) is 215 Å². The molecular weight excluding hydrogens is 965 g/mol. The number of aryl methyl sites for hydroxylation is 1. The van der Waals surface area contributed by atoms with Crippen LogP contribution in [0.25, 0.3) is 10.8 Å². The van der Waals surface area contributed by atoms with Gasteiger partial charge < -0.3 is 24.8 Å². The Hall–Kier alpha value is -4.30. The molecule has 1 heterocycles. The summed E-state index contributed by atoms with van der Waals surface area (Å²) < 4.78 is 12.1. The third kappa shape index (κ3) is 8.00. The van der Waals surface area contributed by atoms with E-state index in [0.29, 0.717) is 60.7 Å². The quantitative estimate of drug-likeness (QED) is 0.108. The molecule has 0 unspecified atom stereocenters. The van der Waals surface area contributed by atoms with Crippen LogP contribution in [0, 0.1) is 51.2 Å². The van der Waals surface area contributed by atoms with E-state index in [-0.39, 0.29) is 41.7 Å². The minimum absolute atomic E-state index is 0.109. The summed E-state index contributed by atoms with van der Waals surface area (Å²) in [6, 6.07) is 34.9. The Morgan fingerprint density at radius 1 is 0.808 bits per heavy atom. The predicted molar refractivity (Wildman–Crippen MR) is 308 cm³/mol. The van der Waals surface area contributed by atoms with E-state index in [1.54, 1.807) is 33.7 Å². The van der Waals surface area contributed by atoms with E-state index in [2.05, 4.69) is 112 Å². The highest BCUT2D eigenvalue weighted by atomic mass is 16.5. The highest BCUT2D eigenvalue weighted by molar-refractivity contribution is 5.93.